The van der Waals surface area contributed by atoms with Crippen molar-refractivity contribution < 1.29 is 48.8 Å². The van der Waals surface area contributed by atoms with Crippen molar-refractivity contribution in [2.45, 2.75) is 55.9 Å². The molecule has 0 bridgehead atoms. The molecule has 0 spiro atoms. The van der Waals surface area contributed by atoms with Gasteiger partial charge in [0.25, 0.3) is 35.9 Å². The fourth-order valence-electron chi connectivity index (χ4n) is 3.65. The largest absolute Gasteiger partial charge is 0.494 e. The standard InChI is InChI=1S/C21H24ClN7O12S3.3Na/c1-5-29-17(30)11(8-42(32,33)34)10(4)16(18(29)31)28-27-13-7-14(43(35,36)37)12(6-15(13)44(38,39)40)23-20-24-19(22)25-21(26-20)41-9(2)3;;;/h6-7,9,30H,5,8H2,1-4H3,(H,32,33,34)(H,35,36,37)(H,38,39,40)(H,23,24,25,26);;;. The molecule has 5 N–H and O–H groups in total. The zero-order valence-electron chi connectivity index (χ0n) is 26.0. The van der Waals surface area contributed by atoms with E-state index in [1.807, 2.05) is 0 Å². The second kappa shape index (κ2) is 17.9. The van der Waals surface area contributed by atoms with Crippen molar-refractivity contribution in [3.8, 4) is 11.9 Å². The zero-order chi connectivity index (χ0) is 33.4. The van der Waals surface area contributed by atoms with Crippen LogP contribution in [0.15, 0.2) is 36.9 Å². The Morgan fingerprint density at radius 1 is 0.957 bits per heavy atom. The molecule has 3 aromatic rings. The van der Waals surface area contributed by atoms with Gasteiger partial charge in [0, 0.05) is 101 Å². The molecule has 0 aliphatic heterocycles. The molecule has 0 fully saturated rings. The number of anilines is 2. The monoisotopic (exact) mass is 766 g/mol. The van der Waals surface area contributed by atoms with Crippen LogP contribution in [0.1, 0.15) is 31.9 Å². The molecule has 0 saturated carbocycles. The summed E-state index contributed by atoms with van der Waals surface area (Å²) in [5, 5.41) is 19.6. The molecule has 3 radical (unpaired) electrons. The molecule has 1 aromatic carbocycles. The Hall–Kier alpha value is -0.800. The van der Waals surface area contributed by atoms with E-state index in [1.165, 1.54) is 6.92 Å². The van der Waals surface area contributed by atoms with Gasteiger partial charge in [0.15, 0.2) is 11.6 Å². The van der Waals surface area contributed by atoms with Crippen LogP contribution in [0.25, 0.3) is 0 Å². The summed E-state index contributed by atoms with van der Waals surface area (Å²) in [5.41, 5.74) is -3.99. The Labute approximate surface area is 340 Å². The van der Waals surface area contributed by atoms with E-state index in [4.69, 9.17) is 16.3 Å². The summed E-state index contributed by atoms with van der Waals surface area (Å²) in [6.45, 7) is 5.62. The average Bonchev–Trinajstić information content (AvgIpc) is 2.84. The topological polar surface area (TPSA) is 290 Å². The first-order valence-electron chi connectivity index (χ1n) is 11.9. The summed E-state index contributed by atoms with van der Waals surface area (Å²) < 4.78 is 107. The van der Waals surface area contributed by atoms with E-state index < -0.39 is 97.3 Å². The van der Waals surface area contributed by atoms with E-state index in [9.17, 15) is 48.8 Å². The fourth-order valence-corrected chi connectivity index (χ4v) is 5.79. The number of rotatable bonds is 11. The molecule has 19 nitrogen and oxygen atoms in total. The Morgan fingerprint density at radius 2 is 1.53 bits per heavy atom. The number of pyridine rings is 1. The first kappa shape index (κ1) is 46.2. The van der Waals surface area contributed by atoms with Gasteiger partial charge >= 0.3 is 6.01 Å². The molecule has 243 valence electrons. The number of ether oxygens (including phenoxy) is 1. The maximum absolute atomic E-state index is 13.0. The van der Waals surface area contributed by atoms with E-state index >= 15 is 0 Å². The van der Waals surface area contributed by atoms with Crippen LogP contribution in [-0.2, 0) is 42.7 Å². The number of hydrogen-bond acceptors (Lipinski definition) is 15. The maximum Gasteiger partial charge on any atom is 0.322 e. The van der Waals surface area contributed by atoms with Crippen LogP contribution in [0.4, 0.5) is 23.0 Å². The van der Waals surface area contributed by atoms with E-state index in [-0.39, 0.29) is 107 Å². The number of nitrogens with one attached hydrogen (secondary N) is 1. The zero-order valence-corrected chi connectivity index (χ0v) is 35.2. The minimum atomic E-state index is -5.23. The van der Waals surface area contributed by atoms with Gasteiger partial charge in [0.05, 0.1) is 11.8 Å². The molecule has 2 aromatic heterocycles. The number of benzene rings is 1. The SMILES string of the molecule is CCn1c(O)c(CS(=O)(=O)O)c(C)c(N=Nc2cc(S(=O)(=O)O)c(Nc3nc(Cl)nc(OC(C)C)n3)cc2S(=O)(=O)O)c1=O.[Na].[Na].[Na]. The summed E-state index contributed by atoms with van der Waals surface area (Å²) in [5.74, 6) is -2.40. The molecule has 0 unspecified atom stereocenters. The Bertz CT molecular complexity index is 2070. The second-order valence-corrected chi connectivity index (χ2v) is 13.6. The van der Waals surface area contributed by atoms with Crippen LogP contribution in [0.3, 0.4) is 0 Å². The van der Waals surface area contributed by atoms with E-state index in [2.05, 4.69) is 30.5 Å². The van der Waals surface area contributed by atoms with Gasteiger partial charge in [-0.25, -0.2) is 0 Å². The van der Waals surface area contributed by atoms with Crippen molar-refractivity contribution in [3.05, 3.63) is 38.9 Å². The molecule has 0 saturated heterocycles. The molecule has 0 aliphatic carbocycles. The van der Waals surface area contributed by atoms with Crippen LogP contribution >= 0.6 is 11.6 Å². The Balaban J connectivity index is 0.00000705. The van der Waals surface area contributed by atoms with Crippen LogP contribution < -0.4 is 15.6 Å². The number of aromatic hydroxyl groups is 1. The van der Waals surface area contributed by atoms with Crippen molar-refractivity contribution in [3.63, 3.8) is 0 Å². The molecular weight excluding hydrogens is 743 g/mol. The van der Waals surface area contributed by atoms with E-state index in [0.29, 0.717) is 16.7 Å². The number of nitrogens with zero attached hydrogens (tertiary/aromatic N) is 6. The predicted octanol–water partition coefficient (Wildman–Crippen LogP) is 1.41. The summed E-state index contributed by atoms with van der Waals surface area (Å²) in [7, 11) is -15.1. The molecule has 0 atom stereocenters. The number of halogens is 1. The fraction of sp³-hybridized carbons (Fsp3) is 0.333. The smallest absolute Gasteiger partial charge is 0.322 e. The first-order valence-corrected chi connectivity index (χ1v) is 16.8. The summed E-state index contributed by atoms with van der Waals surface area (Å²) in [6.07, 6.45) is -0.423. The first-order chi connectivity index (χ1) is 20.1. The number of hydrogen-bond donors (Lipinski definition) is 5. The average molecular weight is 767 g/mol. The van der Waals surface area contributed by atoms with E-state index in [0.717, 1.165) is 6.92 Å². The van der Waals surface area contributed by atoms with Crippen molar-refractivity contribution in [1.29, 1.82) is 0 Å². The summed E-state index contributed by atoms with van der Waals surface area (Å²) in [4.78, 5) is 22.2. The third-order valence-electron chi connectivity index (χ3n) is 5.47. The maximum atomic E-state index is 13.0. The van der Waals surface area contributed by atoms with Crippen molar-refractivity contribution >= 4 is 154 Å². The molecule has 0 aliphatic rings. The van der Waals surface area contributed by atoms with Crippen molar-refractivity contribution in [1.82, 2.24) is 19.5 Å². The number of aromatic nitrogens is 4. The molecule has 2 heterocycles. The minimum Gasteiger partial charge on any atom is -0.494 e. The third-order valence-corrected chi connectivity index (χ3v) is 8.07. The van der Waals surface area contributed by atoms with Gasteiger partial charge in [-0.2, -0.15) is 40.2 Å². The van der Waals surface area contributed by atoms with Crippen molar-refractivity contribution in [2.24, 2.45) is 10.2 Å². The Morgan fingerprint density at radius 3 is 2.02 bits per heavy atom. The third kappa shape index (κ3) is 12.2. The van der Waals surface area contributed by atoms with Gasteiger partial charge in [0.1, 0.15) is 21.2 Å². The summed E-state index contributed by atoms with van der Waals surface area (Å²) >= 11 is 5.86. The minimum absolute atomic E-state index is 0. The Kier molecular flexibility index (Phi) is 17.6. The second-order valence-electron chi connectivity index (χ2n) is 9.02. The van der Waals surface area contributed by atoms with Gasteiger partial charge in [-0.05, 0) is 57.0 Å². The predicted molar refractivity (Wildman–Crippen MR) is 169 cm³/mol. The molecule has 3 rings (SSSR count). The van der Waals surface area contributed by atoms with E-state index in [1.54, 1.807) is 13.8 Å². The molecule has 47 heavy (non-hydrogen) atoms. The van der Waals surface area contributed by atoms with Crippen LogP contribution in [0.2, 0.25) is 5.28 Å². The van der Waals surface area contributed by atoms with Gasteiger partial charge in [-0.1, -0.05) is 0 Å². The van der Waals surface area contributed by atoms with Gasteiger partial charge in [-0.3, -0.25) is 23.0 Å². The quantitative estimate of drug-likeness (QED) is 0.105. The van der Waals surface area contributed by atoms with Crippen LogP contribution in [0, 0.1) is 6.92 Å². The van der Waals surface area contributed by atoms with Crippen LogP contribution in [-0.4, -0.2) is 158 Å². The van der Waals surface area contributed by atoms with Gasteiger partial charge in [0.2, 0.25) is 11.2 Å². The van der Waals surface area contributed by atoms with Gasteiger partial charge < -0.3 is 15.2 Å². The number of azo groups is 1. The summed E-state index contributed by atoms with van der Waals surface area (Å²) in [6, 6.07) is 0.712. The normalized spacial score (nSPS) is 11.9. The molecule has 0 amide bonds. The van der Waals surface area contributed by atoms with Gasteiger partial charge in [-0.15, -0.1) is 10.2 Å². The van der Waals surface area contributed by atoms with Crippen LogP contribution in [0.5, 0.6) is 11.9 Å². The molecule has 26 heteroatoms. The van der Waals surface area contributed by atoms with Crippen molar-refractivity contribution in [2.75, 3.05) is 5.32 Å². The molecular formula is C21H24ClN7Na3O12S3.